The molecule has 1 aromatic heterocycles. The summed E-state index contributed by atoms with van der Waals surface area (Å²) in [7, 11) is 0. The number of halogens is 1. The van der Waals surface area contributed by atoms with Crippen molar-refractivity contribution in [1.82, 2.24) is 9.97 Å². The summed E-state index contributed by atoms with van der Waals surface area (Å²) in [5.41, 5.74) is 4.81. The molecule has 2 aromatic rings. The lowest BCUT2D eigenvalue weighted by Gasteiger charge is -2.12. The Kier molecular flexibility index (Phi) is 4.20. The minimum atomic E-state index is 0.772. The molecule has 0 amide bonds. The molecule has 0 saturated carbocycles. The van der Waals surface area contributed by atoms with Gasteiger partial charge in [0.1, 0.15) is 5.82 Å². The highest BCUT2D eigenvalue weighted by molar-refractivity contribution is 9.10. The van der Waals surface area contributed by atoms with Crippen molar-refractivity contribution in [3.63, 3.8) is 0 Å². The van der Waals surface area contributed by atoms with Gasteiger partial charge in [0.2, 0.25) is 0 Å². The Morgan fingerprint density at radius 1 is 1.16 bits per heavy atom. The van der Waals surface area contributed by atoms with E-state index in [0.717, 1.165) is 28.2 Å². The van der Waals surface area contributed by atoms with Gasteiger partial charge in [0.15, 0.2) is 5.82 Å². The Balaban J connectivity index is 2.56. The van der Waals surface area contributed by atoms with E-state index < -0.39 is 0 Å². The number of aryl methyl sites for hydroxylation is 3. The third-order valence-electron chi connectivity index (χ3n) is 2.99. The molecule has 2 rings (SSSR count). The second kappa shape index (κ2) is 5.70. The fourth-order valence-electron chi connectivity index (χ4n) is 2.31. The fourth-order valence-corrected chi connectivity index (χ4v) is 2.64. The molecule has 100 valence electrons. The van der Waals surface area contributed by atoms with E-state index in [-0.39, 0.29) is 0 Å². The number of nitrogens with zero attached hydrogens (tertiary/aromatic N) is 2. The Labute approximate surface area is 122 Å². The number of hydrogen-bond donors (Lipinski definition) is 1. The van der Waals surface area contributed by atoms with Crippen LogP contribution in [0.4, 0.5) is 5.82 Å². The van der Waals surface area contributed by atoms with Gasteiger partial charge < -0.3 is 5.32 Å². The number of benzene rings is 1. The zero-order chi connectivity index (χ0) is 14.0. The predicted molar refractivity (Wildman–Crippen MR) is 83.5 cm³/mol. The number of nitrogens with one attached hydrogen (secondary N) is 1. The van der Waals surface area contributed by atoms with E-state index in [9.17, 15) is 0 Å². The summed E-state index contributed by atoms with van der Waals surface area (Å²) in [4.78, 5) is 9.06. The molecule has 0 spiro atoms. The minimum Gasteiger partial charge on any atom is -0.369 e. The van der Waals surface area contributed by atoms with Crippen molar-refractivity contribution in [2.75, 3.05) is 11.9 Å². The summed E-state index contributed by atoms with van der Waals surface area (Å²) in [6.45, 7) is 9.20. The molecule has 1 heterocycles. The minimum absolute atomic E-state index is 0.772. The van der Waals surface area contributed by atoms with E-state index in [1.807, 2.05) is 0 Å². The SMILES string of the molecule is CCNc1nc(-c2c(C)cc(C)cc2C)ncc1Br. The molecule has 0 aliphatic carbocycles. The topological polar surface area (TPSA) is 37.8 Å². The average molecular weight is 320 g/mol. The fraction of sp³-hybridized carbons (Fsp3) is 0.333. The van der Waals surface area contributed by atoms with Gasteiger partial charge in [-0.05, 0) is 54.8 Å². The van der Waals surface area contributed by atoms with Crippen molar-refractivity contribution in [2.45, 2.75) is 27.7 Å². The monoisotopic (exact) mass is 319 g/mol. The second-order valence-electron chi connectivity index (χ2n) is 4.69. The first-order valence-corrected chi connectivity index (χ1v) is 7.17. The van der Waals surface area contributed by atoms with E-state index in [1.54, 1.807) is 6.20 Å². The van der Waals surface area contributed by atoms with Crippen LogP contribution < -0.4 is 5.32 Å². The highest BCUT2D eigenvalue weighted by atomic mass is 79.9. The number of hydrogen-bond acceptors (Lipinski definition) is 3. The summed E-state index contributed by atoms with van der Waals surface area (Å²) in [5, 5.41) is 3.24. The van der Waals surface area contributed by atoms with Crippen LogP contribution in [0.2, 0.25) is 0 Å². The molecule has 0 radical (unpaired) electrons. The third kappa shape index (κ3) is 2.95. The van der Waals surface area contributed by atoms with Crippen LogP contribution in [0.15, 0.2) is 22.8 Å². The highest BCUT2D eigenvalue weighted by Gasteiger charge is 2.11. The lowest BCUT2D eigenvalue weighted by atomic mass is 9.99. The van der Waals surface area contributed by atoms with Gasteiger partial charge in [-0.25, -0.2) is 9.97 Å². The van der Waals surface area contributed by atoms with Gasteiger partial charge in [0.05, 0.1) is 4.47 Å². The maximum atomic E-state index is 4.61. The van der Waals surface area contributed by atoms with Crippen LogP contribution in [-0.2, 0) is 0 Å². The highest BCUT2D eigenvalue weighted by Crippen LogP contribution is 2.28. The van der Waals surface area contributed by atoms with Crippen molar-refractivity contribution >= 4 is 21.7 Å². The zero-order valence-corrected chi connectivity index (χ0v) is 13.3. The van der Waals surface area contributed by atoms with E-state index in [4.69, 9.17) is 0 Å². The van der Waals surface area contributed by atoms with Crippen molar-refractivity contribution in [1.29, 1.82) is 0 Å². The largest absolute Gasteiger partial charge is 0.369 e. The molecule has 0 aliphatic heterocycles. The Morgan fingerprint density at radius 2 is 1.79 bits per heavy atom. The molecule has 0 unspecified atom stereocenters. The van der Waals surface area contributed by atoms with Crippen molar-refractivity contribution in [3.8, 4) is 11.4 Å². The molecule has 0 fully saturated rings. The molecule has 0 atom stereocenters. The molecule has 19 heavy (non-hydrogen) atoms. The van der Waals surface area contributed by atoms with Crippen molar-refractivity contribution < 1.29 is 0 Å². The maximum Gasteiger partial charge on any atom is 0.162 e. The van der Waals surface area contributed by atoms with Crippen LogP contribution in [0.5, 0.6) is 0 Å². The number of rotatable bonds is 3. The summed E-state index contributed by atoms with van der Waals surface area (Å²) >= 11 is 3.47. The normalized spacial score (nSPS) is 10.6. The van der Waals surface area contributed by atoms with Gasteiger partial charge in [-0.1, -0.05) is 17.7 Å². The first kappa shape index (κ1) is 14.0. The Hall–Kier alpha value is -1.42. The molecule has 4 heteroatoms. The van der Waals surface area contributed by atoms with Crippen LogP contribution in [-0.4, -0.2) is 16.5 Å². The molecule has 1 N–H and O–H groups in total. The number of aromatic nitrogens is 2. The standard InChI is InChI=1S/C15H18BrN3/c1-5-17-14-12(16)8-18-15(19-14)13-10(3)6-9(2)7-11(13)4/h6-8H,5H2,1-4H3,(H,17,18,19). The predicted octanol–water partition coefficient (Wildman–Crippen LogP) is 4.26. The molecule has 3 nitrogen and oxygen atoms in total. The molecule has 0 bridgehead atoms. The summed E-state index contributed by atoms with van der Waals surface area (Å²) in [5.74, 6) is 1.61. The van der Waals surface area contributed by atoms with E-state index in [2.05, 4.69) is 71.0 Å². The van der Waals surface area contributed by atoms with Crippen LogP contribution in [0, 0.1) is 20.8 Å². The zero-order valence-electron chi connectivity index (χ0n) is 11.7. The van der Waals surface area contributed by atoms with E-state index >= 15 is 0 Å². The lowest BCUT2D eigenvalue weighted by Crippen LogP contribution is -2.03. The Bertz CT molecular complexity index is 585. The second-order valence-corrected chi connectivity index (χ2v) is 5.55. The van der Waals surface area contributed by atoms with Gasteiger partial charge >= 0.3 is 0 Å². The molecular weight excluding hydrogens is 302 g/mol. The molecule has 0 aliphatic rings. The third-order valence-corrected chi connectivity index (χ3v) is 3.57. The van der Waals surface area contributed by atoms with Crippen molar-refractivity contribution in [2.24, 2.45) is 0 Å². The quantitative estimate of drug-likeness (QED) is 0.918. The van der Waals surface area contributed by atoms with Crippen LogP contribution in [0.25, 0.3) is 11.4 Å². The first-order chi connectivity index (χ1) is 9.02. The van der Waals surface area contributed by atoms with E-state index in [1.165, 1.54) is 16.7 Å². The average Bonchev–Trinajstić information content (AvgIpc) is 2.32. The van der Waals surface area contributed by atoms with E-state index in [0.29, 0.717) is 0 Å². The summed E-state index contributed by atoms with van der Waals surface area (Å²) in [6.07, 6.45) is 1.80. The van der Waals surface area contributed by atoms with Gasteiger partial charge in [-0.15, -0.1) is 0 Å². The van der Waals surface area contributed by atoms with Gasteiger partial charge in [-0.2, -0.15) is 0 Å². The maximum absolute atomic E-state index is 4.61. The first-order valence-electron chi connectivity index (χ1n) is 6.37. The van der Waals surface area contributed by atoms with Crippen LogP contribution >= 0.6 is 15.9 Å². The lowest BCUT2D eigenvalue weighted by molar-refractivity contribution is 1.10. The molecule has 0 saturated heterocycles. The molecular formula is C15H18BrN3. The van der Waals surface area contributed by atoms with Gasteiger partial charge in [0, 0.05) is 18.3 Å². The summed E-state index contributed by atoms with van der Waals surface area (Å²) in [6, 6.07) is 4.33. The van der Waals surface area contributed by atoms with Gasteiger partial charge in [0.25, 0.3) is 0 Å². The smallest absolute Gasteiger partial charge is 0.162 e. The number of anilines is 1. The Morgan fingerprint density at radius 3 is 2.37 bits per heavy atom. The molecule has 1 aromatic carbocycles. The van der Waals surface area contributed by atoms with Gasteiger partial charge in [-0.3, -0.25) is 0 Å². The van der Waals surface area contributed by atoms with Crippen LogP contribution in [0.3, 0.4) is 0 Å². The summed E-state index contributed by atoms with van der Waals surface area (Å²) < 4.78 is 0.889. The van der Waals surface area contributed by atoms with Crippen molar-refractivity contribution in [3.05, 3.63) is 39.5 Å². The van der Waals surface area contributed by atoms with Crippen LogP contribution in [0.1, 0.15) is 23.6 Å².